The van der Waals surface area contributed by atoms with Gasteiger partial charge in [0, 0.05) is 19.6 Å². The summed E-state index contributed by atoms with van der Waals surface area (Å²) in [6.45, 7) is 2.98. The minimum atomic E-state index is -0.989. The number of para-hydroxylation sites is 1. The largest absolute Gasteiger partial charge is 0.478 e. The number of benzene rings is 1. The van der Waals surface area contributed by atoms with E-state index >= 15 is 0 Å². The number of nitrogens with one attached hydrogen (secondary N) is 1. The Morgan fingerprint density at radius 3 is 3.11 bits per heavy atom. The number of rotatable bonds is 4. The highest BCUT2D eigenvalue weighted by atomic mass is 16.5. The molecule has 0 aliphatic carbocycles. The van der Waals surface area contributed by atoms with E-state index in [0.717, 1.165) is 13.1 Å². The maximum absolute atomic E-state index is 11.1. The van der Waals surface area contributed by atoms with Crippen LogP contribution in [-0.2, 0) is 4.74 Å². The third kappa shape index (κ3) is 3.36. The minimum absolute atomic E-state index is 0.0417. The van der Waals surface area contributed by atoms with Crippen LogP contribution < -0.4 is 11.1 Å². The first kappa shape index (κ1) is 13.6. The van der Waals surface area contributed by atoms with Gasteiger partial charge in [-0.15, -0.1) is 0 Å². The molecule has 4 N–H and O–H groups in total. The number of aromatic carboxylic acids is 1. The van der Waals surface area contributed by atoms with E-state index in [1.54, 1.807) is 12.1 Å². The number of nitrogens with two attached hydrogens (primary N) is 1. The number of hydrogen-bond acceptors (Lipinski definition) is 5. The van der Waals surface area contributed by atoms with Gasteiger partial charge in [-0.05, 0) is 19.2 Å². The number of anilines is 2. The second-order valence-corrected chi connectivity index (χ2v) is 4.71. The Morgan fingerprint density at radius 2 is 2.42 bits per heavy atom. The average Bonchev–Trinajstić information content (AvgIpc) is 2.37. The molecular weight excluding hydrogens is 246 g/mol. The van der Waals surface area contributed by atoms with Crippen molar-refractivity contribution in [2.75, 3.05) is 44.3 Å². The molecule has 1 aromatic rings. The molecule has 0 radical (unpaired) electrons. The SMILES string of the molecule is CN1CCOC(CNc2c(N)cccc2C(=O)O)C1. The van der Waals surface area contributed by atoms with Gasteiger partial charge in [-0.25, -0.2) is 4.79 Å². The number of likely N-dealkylation sites (N-methyl/N-ethyl adjacent to an activating group) is 1. The zero-order valence-electron chi connectivity index (χ0n) is 10.9. The molecule has 0 spiro atoms. The molecule has 1 aliphatic rings. The van der Waals surface area contributed by atoms with Gasteiger partial charge in [-0.3, -0.25) is 0 Å². The molecule has 1 unspecified atom stereocenters. The van der Waals surface area contributed by atoms with Gasteiger partial charge >= 0.3 is 5.97 Å². The highest BCUT2D eigenvalue weighted by Gasteiger charge is 2.19. The summed E-state index contributed by atoms with van der Waals surface area (Å²) in [4.78, 5) is 13.3. The summed E-state index contributed by atoms with van der Waals surface area (Å²) >= 11 is 0. The lowest BCUT2D eigenvalue weighted by atomic mass is 10.1. The molecule has 1 aliphatic heterocycles. The second-order valence-electron chi connectivity index (χ2n) is 4.71. The number of carboxylic acids is 1. The van der Waals surface area contributed by atoms with Crippen molar-refractivity contribution >= 4 is 17.3 Å². The van der Waals surface area contributed by atoms with Crippen LogP contribution in [0.1, 0.15) is 10.4 Å². The summed E-state index contributed by atoms with van der Waals surface area (Å²) in [6.07, 6.45) is 0.0417. The topological polar surface area (TPSA) is 87.8 Å². The first-order valence-corrected chi connectivity index (χ1v) is 6.23. The Kier molecular flexibility index (Phi) is 4.24. The van der Waals surface area contributed by atoms with Crippen molar-refractivity contribution in [1.82, 2.24) is 4.90 Å². The predicted octanol–water partition coefficient (Wildman–Crippen LogP) is 0.709. The molecule has 1 heterocycles. The molecule has 6 nitrogen and oxygen atoms in total. The molecule has 1 fully saturated rings. The molecule has 19 heavy (non-hydrogen) atoms. The Bertz CT molecular complexity index is 464. The van der Waals surface area contributed by atoms with E-state index in [1.807, 2.05) is 7.05 Å². The van der Waals surface area contributed by atoms with E-state index in [9.17, 15) is 4.79 Å². The quantitative estimate of drug-likeness (QED) is 0.695. The van der Waals surface area contributed by atoms with Gasteiger partial charge in [0.05, 0.1) is 29.6 Å². The van der Waals surface area contributed by atoms with Gasteiger partial charge in [-0.1, -0.05) is 6.07 Å². The lowest BCUT2D eigenvalue weighted by molar-refractivity contribution is -0.0117. The molecule has 0 bridgehead atoms. The van der Waals surface area contributed by atoms with Crippen LogP contribution in [0, 0.1) is 0 Å². The van der Waals surface area contributed by atoms with Crippen molar-refractivity contribution < 1.29 is 14.6 Å². The molecule has 104 valence electrons. The highest BCUT2D eigenvalue weighted by Crippen LogP contribution is 2.23. The van der Waals surface area contributed by atoms with Crippen molar-refractivity contribution in [1.29, 1.82) is 0 Å². The predicted molar refractivity (Wildman–Crippen MR) is 73.5 cm³/mol. The van der Waals surface area contributed by atoms with Crippen molar-refractivity contribution in [2.45, 2.75) is 6.10 Å². The molecule has 1 aromatic carbocycles. The van der Waals surface area contributed by atoms with Gasteiger partial charge in [0.25, 0.3) is 0 Å². The standard InChI is InChI=1S/C13H19N3O3/c1-16-5-6-19-9(8-16)7-15-12-10(13(17)18)3-2-4-11(12)14/h2-4,9,15H,5-8,14H2,1H3,(H,17,18). The monoisotopic (exact) mass is 265 g/mol. The fourth-order valence-corrected chi connectivity index (χ4v) is 2.15. The fraction of sp³-hybridized carbons (Fsp3) is 0.462. The first-order chi connectivity index (χ1) is 9.08. The Morgan fingerprint density at radius 1 is 1.63 bits per heavy atom. The first-order valence-electron chi connectivity index (χ1n) is 6.23. The van der Waals surface area contributed by atoms with Crippen LogP contribution >= 0.6 is 0 Å². The van der Waals surface area contributed by atoms with Crippen LogP contribution in [0.2, 0.25) is 0 Å². The third-order valence-corrected chi connectivity index (χ3v) is 3.18. The molecule has 6 heteroatoms. The zero-order chi connectivity index (χ0) is 13.8. The number of nitrogen functional groups attached to an aromatic ring is 1. The van der Waals surface area contributed by atoms with E-state index in [-0.39, 0.29) is 11.7 Å². The number of carboxylic acid groups (broad SMARTS) is 1. The molecule has 0 amide bonds. The van der Waals surface area contributed by atoms with E-state index in [2.05, 4.69) is 10.2 Å². The van der Waals surface area contributed by atoms with Crippen molar-refractivity contribution in [3.05, 3.63) is 23.8 Å². The van der Waals surface area contributed by atoms with Crippen LogP contribution in [0.15, 0.2) is 18.2 Å². The van der Waals surface area contributed by atoms with Crippen LogP contribution in [0.3, 0.4) is 0 Å². The summed E-state index contributed by atoms with van der Waals surface area (Å²) in [5, 5.41) is 12.2. The van der Waals surface area contributed by atoms with Crippen LogP contribution in [0.25, 0.3) is 0 Å². The minimum Gasteiger partial charge on any atom is -0.478 e. The molecule has 1 atom stereocenters. The number of morpholine rings is 1. The maximum Gasteiger partial charge on any atom is 0.337 e. The van der Waals surface area contributed by atoms with E-state index < -0.39 is 5.97 Å². The summed E-state index contributed by atoms with van der Waals surface area (Å²) < 4.78 is 5.62. The molecule has 0 saturated carbocycles. The van der Waals surface area contributed by atoms with Crippen LogP contribution in [0.5, 0.6) is 0 Å². The zero-order valence-corrected chi connectivity index (χ0v) is 10.9. The lowest BCUT2D eigenvalue weighted by Gasteiger charge is -2.30. The van der Waals surface area contributed by atoms with Gasteiger partial charge in [0.1, 0.15) is 0 Å². The van der Waals surface area contributed by atoms with Crippen molar-refractivity contribution in [3.8, 4) is 0 Å². The summed E-state index contributed by atoms with van der Waals surface area (Å²) in [5.41, 5.74) is 6.91. The normalized spacial score (nSPS) is 20.2. The number of carbonyl (C=O) groups is 1. The maximum atomic E-state index is 11.1. The Hall–Kier alpha value is -1.79. The molecule has 1 saturated heterocycles. The third-order valence-electron chi connectivity index (χ3n) is 3.18. The summed E-state index contributed by atoms with van der Waals surface area (Å²) in [5.74, 6) is -0.989. The van der Waals surface area contributed by atoms with Gasteiger partial charge in [0.2, 0.25) is 0 Å². The molecular formula is C13H19N3O3. The van der Waals surface area contributed by atoms with E-state index in [4.69, 9.17) is 15.6 Å². The summed E-state index contributed by atoms with van der Waals surface area (Å²) in [6, 6.07) is 4.85. The van der Waals surface area contributed by atoms with Crippen LogP contribution in [0.4, 0.5) is 11.4 Å². The average molecular weight is 265 g/mol. The lowest BCUT2D eigenvalue weighted by Crippen LogP contribution is -2.43. The fourth-order valence-electron chi connectivity index (χ4n) is 2.15. The number of hydrogen-bond donors (Lipinski definition) is 3. The second kappa shape index (κ2) is 5.90. The van der Waals surface area contributed by atoms with Crippen molar-refractivity contribution in [3.63, 3.8) is 0 Å². The van der Waals surface area contributed by atoms with Gasteiger partial charge in [0.15, 0.2) is 0 Å². The smallest absolute Gasteiger partial charge is 0.337 e. The van der Waals surface area contributed by atoms with Crippen LogP contribution in [-0.4, -0.2) is 55.4 Å². The number of ether oxygens (including phenoxy) is 1. The van der Waals surface area contributed by atoms with Gasteiger partial charge in [-0.2, -0.15) is 0 Å². The molecule has 2 rings (SSSR count). The highest BCUT2D eigenvalue weighted by molar-refractivity contribution is 5.97. The number of nitrogens with zero attached hydrogens (tertiary/aromatic N) is 1. The Labute approximate surface area is 112 Å². The van der Waals surface area contributed by atoms with E-state index in [0.29, 0.717) is 24.5 Å². The molecule has 0 aromatic heterocycles. The van der Waals surface area contributed by atoms with Gasteiger partial charge < -0.3 is 25.8 Å². The van der Waals surface area contributed by atoms with Crippen molar-refractivity contribution in [2.24, 2.45) is 0 Å². The Balaban J connectivity index is 2.04. The van der Waals surface area contributed by atoms with E-state index in [1.165, 1.54) is 6.07 Å². The summed E-state index contributed by atoms with van der Waals surface area (Å²) in [7, 11) is 2.04.